The van der Waals surface area contributed by atoms with Crippen molar-refractivity contribution in [3.8, 4) is 0 Å². The number of nitrogens with two attached hydrogens (primary N) is 1. The third-order valence-corrected chi connectivity index (χ3v) is 2.32. The van der Waals surface area contributed by atoms with E-state index in [0.717, 1.165) is 0 Å². The Morgan fingerprint density at radius 1 is 1.53 bits per heavy atom. The quantitative estimate of drug-likeness (QED) is 0.572. The molecule has 0 atom stereocenters. The highest BCUT2D eigenvalue weighted by atomic mass is 16.2. The molecule has 0 spiro atoms. The molecule has 2 heterocycles. The lowest BCUT2D eigenvalue weighted by molar-refractivity contribution is -0.121. The minimum absolute atomic E-state index is 0.0867. The van der Waals surface area contributed by atoms with Crippen LogP contribution in [0.25, 0.3) is 0 Å². The second kappa shape index (κ2) is 5.21. The summed E-state index contributed by atoms with van der Waals surface area (Å²) in [6.45, 7) is 0.0867. The van der Waals surface area contributed by atoms with Crippen LogP contribution < -0.4 is 16.4 Å². The fourth-order valence-electron chi connectivity index (χ4n) is 1.39. The third-order valence-electron chi connectivity index (χ3n) is 2.32. The predicted octanol–water partition coefficient (Wildman–Crippen LogP) is -0.813. The molecule has 9 heteroatoms. The molecule has 2 rings (SSSR count). The molecule has 0 radical (unpaired) electrons. The lowest BCUT2D eigenvalue weighted by Gasteiger charge is -2.00. The van der Waals surface area contributed by atoms with E-state index in [9.17, 15) is 9.59 Å². The summed E-state index contributed by atoms with van der Waals surface area (Å²) in [5.41, 5.74) is 6.12. The van der Waals surface area contributed by atoms with Gasteiger partial charge in [0.25, 0.3) is 5.91 Å². The van der Waals surface area contributed by atoms with Crippen LogP contribution >= 0.6 is 0 Å². The molecule has 0 aromatic carbocycles. The first kappa shape index (κ1) is 12.6. The number of likely N-dealkylation sites (N-methyl/N-ethyl adjacent to an activating group) is 1. The Kier molecular flexibility index (Phi) is 3.46. The summed E-state index contributed by atoms with van der Waals surface area (Å²) in [6, 6.07) is 1.42. The van der Waals surface area contributed by atoms with Gasteiger partial charge in [0, 0.05) is 19.3 Å². The monoisotopic (exact) mass is 263 g/mol. The van der Waals surface area contributed by atoms with Crippen LogP contribution in [0.1, 0.15) is 10.5 Å². The highest BCUT2D eigenvalue weighted by molar-refractivity contribution is 6.03. The summed E-state index contributed by atoms with van der Waals surface area (Å²) in [6.07, 6.45) is 2.99. The van der Waals surface area contributed by atoms with Gasteiger partial charge in [-0.3, -0.25) is 19.4 Å². The number of hydrogen-bond acceptors (Lipinski definition) is 5. The van der Waals surface area contributed by atoms with Gasteiger partial charge in [0.2, 0.25) is 5.91 Å². The topological polar surface area (TPSA) is 131 Å². The molecule has 9 nitrogen and oxygen atoms in total. The number of hydrogen-bond donors (Lipinski definition) is 4. The van der Waals surface area contributed by atoms with Gasteiger partial charge in [0.1, 0.15) is 18.1 Å². The SMILES string of the molecule is CNC(=O)Cn1cc(NC(=O)c2cc(N)n[nH]2)cn1. The smallest absolute Gasteiger partial charge is 0.273 e. The van der Waals surface area contributed by atoms with Gasteiger partial charge in [-0.1, -0.05) is 0 Å². The lowest BCUT2D eigenvalue weighted by atomic mass is 10.4. The Morgan fingerprint density at radius 2 is 2.32 bits per heavy atom. The molecule has 5 N–H and O–H groups in total. The summed E-state index contributed by atoms with van der Waals surface area (Å²) in [5, 5.41) is 15.2. The number of carbonyl (C=O) groups is 2. The molecule has 0 saturated carbocycles. The molecule has 0 bridgehead atoms. The van der Waals surface area contributed by atoms with Gasteiger partial charge in [0.15, 0.2) is 0 Å². The van der Waals surface area contributed by atoms with Crippen LogP contribution in [0.5, 0.6) is 0 Å². The Morgan fingerprint density at radius 3 is 2.95 bits per heavy atom. The first-order valence-corrected chi connectivity index (χ1v) is 5.44. The Balaban J connectivity index is 2.00. The number of nitrogens with zero attached hydrogens (tertiary/aromatic N) is 3. The van der Waals surface area contributed by atoms with Crippen molar-refractivity contribution in [3.05, 3.63) is 24.2 Å². The highest BCUT2D eigenvalue weighted by Crippen LogP contribution is 2.08. The van der Waals surface area contributed by atoms with Crippen LogP contribution in [0, 0.1) is 0 Å². The number of aromatic nitrogens is 4. The molecule has 2 amide bonds. The molecular formula is C10H13N7O2. The summed E-state index contributed by atoms with van der Waals surface area (Å²) < 4.78 is 1.41. The Labute approximate surface area is 108 Å². The maximum absolute atomic E-state index is 11.8. The van der Waals surface area contributed by atoms with Crippen LogP contribution in [-0.2, 0) is 11.3 Å². The van der Waals surface area contributed by atoms with Gasteiger partial charge < -0.3 is 16.4 Å². The fourth-order valence-corrected chi connectivity index (χ4v) is 1.39. The summed E-state index contributed by atoms with van der Waals surface area (Å²) >= 11 is 0. The van der Waals surface area contributed by atoms with Crippen LogP contribution in [0.3, 0.4) is 0 Å². The fraction of sp³-hybridized carbons (Fsp3) is 0.200. The number of H-pyrrole nitrogens is 1. The molecule has 0 fully saturated rings. The highest BCUT2D eigenvalue weighted by Gasteiger charge is 2.10. The molecule has 0 aliphatic carbocycles. The molecule has 2 aromatic rings. The van der Waals surface area contributed by atoms with Crippen molar-refractivity contribution in [2.24, 2.45) is 0 Å². The number of aromatic amines is 1. The number of carbonyl (C=O) groups excluding carboxylic acids is 2. The van der Waals surface area contributed by atoms with E-state index in [-0.39, 0.29) is 29.9 Å². The predicted molar refractivity (Wildman–Crippen MR) is 67.2 cm³/mol. The average molecular weight is 263 g/mol. The van der Waals surface area contributed by atoms with E-state index < -0.39 is 0 Å². The molecule has 0 unspecified atom stereocenters. The minimum Gasteiger partial charge on any atom is -0.382 e. The van der Waals surface area contributed by atoms with Gasteiger partial charge in [0.05, 0.1) is 11.9 Å². The maximum atomic E-state index is 11.8. The molecule has 0 saturated heterocycles. The van der Waals surface area contributed by atoms with Crippen molar-refractivity contribution < 1.29 is 9.59 Å². The number of amides is 2. The minimum atomic E-state index is -0.385. The van der Waals surface area contributed by atoms with Crippen molar-refractivity contribution in [1.82, 2.24) is 25.3 Å². The van der Waals surface area contributed by atoms with E-state index in [2.05, 4.69) is 25.9 Å². The number of nitrogen functional groups attached to an aromatic ring is 1. The standard InChI is InChI=1S/C10H13N7O2/c1-12-9(18)5-17-4-6(3-13-17)14-10(19)7-2-8(11)16-15-7/h2-4H,5H2,1H3,(H,12,18)(H,14,19)(H3,11,15,16). The molecule has 19 heavy (non-hydrogen) atoms. The molecule has 100 valence electrons. The van der Waals surface area contributed by atoms with Crippen LogP contribution in [0.4, 0.5) is 11.5 Å². The van der Waals surface area contributed by atoms with E-state index in [1.165, 1.54) is 24.0 Å². The normalized spacial score (nSPS) is 10.2. The largest absolute Gasteiger partial charge is 0.382 e. The van der Waals surface area contributed by atoms with Crippen molar-refractivity contribution in [3.63, 3.8) is 0 Å². The number of rotatable bonds is 4. The van der Waals surface area contributed by atoms with Gasteiger partial charge in [-0.15, -0.1) is 0 Å². The summed E-state index contributed by atoms with van der Waals surface area (Å²) in [7, 11) is 1.54. The number of nitrogens with one attached hydrogen (secondary N) is 3. The van der Waals surface area contributed by atoms with E-state index >= 15 is 0 Å². The van der Waals surface area contributed by atoms with Gasteiger partial charge in [-0.2, -0.15) is 10.2 Å². The third kappa shape index (κ3) is 3.09. The van der Waals surface area contributed by atoms with Crippen LogP contribution in [0.2, 0.25) is 0 Å². The Hall–Kier alpha value is -2.84. The first-order valence-electron chi connectivity index (χ1n) is 5.44. The maximum Gasteiger partial charge on any atom is 0.273 e. The summed E-state index contributed by atoms with van der Waals surface area (Å²) in [4.78, 5) is 22.9. The van der Waals surface area contributed by atoms with E-state index in [1.807, 2.05) is 0 Å². The van der Waals surface area contributed by atoms with Gasteiger partial charge >= 0.3 is 0 Å². The zero-order valence-corrected chi connectivity index (χ0v) is 10.2. The van der Waals surface area contributed by atoms with E-state index in [1.54, 1.807) is 6.20 Å². The number of anilines is 2. The van der Waals surface area contributed by atoms with Crippen molar-refractivity contribution in [1.29, 1.82) is 0 Å². The van der Waals surface area contributed by atoms with Crippen LogP contribution in [-0.4, -0.2) is 38.8 Å². The lowest BCUT2D eigenvalue weighted by Crippen LogP contribution is -2.23. The molecular weight excluding hydrogens is 250 g/mol. The first-order chi connectivity index (χ1) is 9.08. The second-order valence-corrected chi connectivity index (χ2v) is 3.76. The van der Waals surface area contributed by atoms with Gasteiger partial charge in [-0.05, 0) is 0 Å². The molecule has 2 aromatic heterocycles. The van der Waals surface area contributed by atoms with Crippen molar-refractivity contribution in [2.45, 2.75) is 6.54 Å². The average Bonchev–Trinajstić information content (AvgIpc) is 2.98. The molecule has 0 aliphatic heterocycles. The van der Waals surface area contributed by atoms with E-state index in [0.29, 0.717) is 5.69 Å². The van der Waals surface area contributed by atoms with Crippen molar-refractivity contribution >= 4 is 23.3 Å². The van der Waals surface area contributed by atoms with Gasteiger partial charge in [-0.25, -0.2) is 0 Å². The zero-order chi connectivity index (χ0) is 13.8. The summed E-state index contributed by atoms with van der Waals surface area (Å²) in [5.74, 6) is -0.327. The van der Waals surface area contributed by atoms with Crippen LogP contribution in [0.15, 0.2) is 18.5 Å². The second-order valence-electron chi connectivity index (χ2n) is 3.76. The zero-order valence-electron chi connectivity index (χ0n) is 10.2. The Bertz CT molecular complexity index is 601. The van der Waals surface area contributed by atoms with E-state index in [4.69, 9.17) is 5.73 Å². The molecule has 0 aliphatic rings. The van der Waals surface area contributed by atoms with Crippen molar-refractivity contribution in [2.75, 3.05) is 18.1 Å².